The Balaban J connectivity index is 2.36. The fraction of sp³-hybridized carbons (Fsp3) is 0.462. The van der Waals surface area contributed by atoms with Crippen LogP contribution in [0.25, 0.3) is 0 Å². The molecule has 0 bridgehead atoms. The lowest BCUT2D eigenvalue weighted by molar-refractivity contribution is 0.498. The molecule has 15 heavy (non-hydrogen) atoms. The molecule has 0 spiro atoms. The number of hydrogen-bond acceptors (Lipinski definition) is 2. The van der Waals surface area contributed by atoms with E-state index in [9.17, 15) is 0 Å². The van der Waals surface area contributed by atoms with Crippen LogP contribution in [0.5, 0.6) is 0 Å². The van der Waals surface area contributed by atoms with E-state index in [1.807, 2.05) is 18.5 Å². The zero-order chi connectivity index (χ0) is 10.9. The Hall–Kier alpha value is -1.15. The van der Waals surface area contributed by atoms with Crippen molar-refractivity contribution in [3.05, 3.63) is 42.7 Å². The first-order chi connectivity index (χ1) is 7.36. The number of nitrogens with one attached hydrogen (secondary N) is 1. The van der Waals surface area contributed by atoms with Gasteiger partial charge in [0.05, 0.1) is 0 Å². The molecule has 0 amide bonds. The molecule has 0 saturated heterocycles. The summed E-state index contributed by atoms with van der Waals surface area (Å²) in [6.45, 7) is 6.95. The summed E-state index contributed by atoms with van der Waals surface area (Å²) in [5, 5.41) is 3.47. The molecule has 1 unspecified atom stereocenters. The van der Waals surface area contributed by atoms with Crippen molar-refractivity contribution in [3.63, 3.8) is 0 Å². The van der Waals surface area contributed by atoms with E-state index < -0.39 is 0 Å². The van der Waals surface area contributed by atoms with Crippen LogP contribution in [0.4, 0.5) is 0 Å². The molecule has 0 radical (unpaired) electrons. The number of aromatic nitrogens is 1. The number of pyridine rings is 1. The molecule has 0 aliphatic rings. The van der Waals surface area contributed by atoms with Crippen LogP contribution >= 0.6 is 0 Å². The number of aryl methyl sites for hydroxylation is 1. The van der Waals surface area contributed by atoms with E-state index in [1.54, 1.807) is 0 Å². The van der Waals surface area contributed by atoms with E-state index in [4.69, 9.17) is 0 Å². The largest absolute Gasteiger partial charge is 0.314 e. The van der Waals surface area contributed by atoms with Crippen molar-refractivity contribution in [1.82, 2.24) is 10.3 Å². The summed E-state index contributed by atoms with van der Waals surface area (Å²) in [4.78, 5) is 4.01. The molecule has 0 saturated carbocycles. The zero-order valence-electron chi connectivity index (χ0n) is 9.45. The van der Waals surface area contributed by atoms with Crippen molar-refractivity contribution in [3.8, 4) is 0 Å². The molecular weight excluding hydrogens is 184 g/mol. The van der Waals surface area contributed by atoms with Crippen molar-refractivity contribution in [2.24, 2.45) is 0 Å². The molecule has 1 aromatic heterocycles. The summed E-state index contributed by atoms with van der Waals surface area (Å²) in [5.74, 6) is 0. The molecule has 2 nitrogen and oxygen atoms in total. The second kappa shape index (κ2) is 7.18. The van der Waals surface area contributed by atoms with Gasteiger partial charge in [0, 0.05) is 18.4 Å². The molecule has 0 aliphatic heterocycles. The lowest BCUT2D eigenvalue weighted by atomic mass is 10.0. The minimum atomic E-state index is 0.556. The van der Waals surface area contributed by atoms with E-state index in [0.717, 1.165) is 25.8 Å². The third-order valence-corrected chi connectivity index (χ3v) is 2.47. The van der Waals surface area contributed by atoms with E-state index in [-0.39, 0.29) is 0 Å². The third kappa shape index (κ3) is 4.75. The predicted octanol–water partition coefficient (Wildman–Crippen LogP) is 2.57. The Morgan fingerprint density at radius 1 is 1.47 bits per heavy atom. The molecule has 2 heteroatoms. The van der Waals surface area contributed by atoms with Gasteiger partial charge < -0.3 is 5.32 Å². The van der Waals surface area contributed by atoms with E-state index >= 15 is 0 Å². The average molecular weight is 204 g/mol. The van der Waals surface area contributed by atoms with Gasteiger partial charge in [0.15, 0.2) is 0 Å². The lowest BCUT2D eigenvalue weighted by Gasteiger charge is -2.15. The molecule has 1 atom stereocenters. The van der Waals surface area contributed by atoms with Crippen LogP contribution in [-0.2, 0) is 6.42 Å². The summed E-state index contributed by atoms with van der Waals surface area (Å²) in [6, 6.07) is 4.72. The Labute approximate surface area is 92.4 Å². The molecule has 1 rings (SSSR count). The first kappa shape index (κ1) is 11.9. The average Bonchev–Trinajstić information content (AvgIpc) is 2.28. The van der Waals surface area contributed by atoms with Crippen molar-refractivity contribution in [1.29, 1.82) is 0 Å². The maximum atomic E-state index is 4.01. The summed E-state index contributed by atoms with van der Waals surface area (Å²) in [5.41, 5.74) is 1.36. The van der Waals surface area contributed by atoms with Gasteiger partial charge in [0.1, 0.15) is 0 Å². The topological polar surface area (TPSA) is 24.9 Å². The highest BCUT2D eigenvalue weighted by molar-refractivity contribution is 5.09. The van der Waals surface area contributed by atoms with Crippen LogP contribution in [0.3, 0.4) is 0 Å². The Morgan fingerprint density at radius 3 is 2.80 bits per heavy atom. The van der Waals surface area contributed by atoms with Gasteiger partial charge in [0.25, 0.3) is 0 Å². The van der Waals surface area contributed by atoms with Crippen LogP contribution in [0.2, 0.25) is 0 Å². The van der Waals surface area contributed by atoms with Crippen molar-refractivity contribution in [2.75, 3.05) is 6.54 Å². The second-order valence-corrected chi connectivity index (χ2v) is 3.67. The molecule has 1 aromatic rings. The Morgan fingerprint density at radius 2 is 2.20 bits per heavy atom. The predicted molar refractivity (Wildman–Crippen MR) is 64.8 cm³/mol. The highest BCUT2D eigenvalue weighted by atomic mass is 14.9. The molecule has 1 N–H and O–H groups in total. The number of rotatable bonds is 7. The van der Waals surface area contributed by atoms with Crippen LogP contribution in [0.1, 0.15) is 25.3 Å². The molecule has 1 heterocycles. The van der Waals surface area contributed by atoms with Crippen LogP contribution in [0.15, 0.2) is 37.2 Å². The minimum Gasteiger partial charge on any atom is -0.314 e. The van der Waals surface area contributed by atoms with Crippen molar-refractivity contribution >= 4 is 0 Å². The highest BCUT2D eigenvalue weighted by Gasteiger charge is 2.04. The lowest BCUT2D eigenvalue weighted by Crippen LogP contribution is -2.28. The second-order valence-electron chi connectivity index (χ2n) is 3.67. The van der Waals surface area contributed by atoms with Gasteiger partial charge in [-0.1, -0.05) is 13.0 Å². The van der Waals surface area contributed by atoms with Gasteiger partial charge in [-0.25, -0.2) is 0 Å². The van der Waals surface area contributed by atoms with Gasteiger partial charge in [-0.15, -0.1) is 6.58 Å². The fourth-order valence-electron chi connectivity index (χ4n) is 1.68. The monoisotopic (exact) mass is 204 g/mol. The van der Waals surface area contributed by atoms with Crippen molar-refractivity contribution < 1.29 is 0 Å². The number of hydrogen-bond donors (Lipinski definition) is 1. The maximum Gasteiger partial charge on any atom is 0.0270 e. The Bertz CT molecular complexity index is 269. The van der Waals surface area contributed by atoms with E-state index in [1.165, 1.54) is 5.56 Å². The Kier molecular flexibility index (Phi) is 5.71. The minimum absolute atomic E-state index is 0.556. The van der Waals surface area contributed by atoms with E-state index in [0.29, 0.717) is 6.04 Å². The number of nitrogens with zero attached hydrogens (tertiary/aromatic N) is 1. The molecule has 0 aliphatic carbocycles. The van der Waals surface area contributed by atoms with Gasteiger partial charge in [-0.05, 0) is 43.5 Å². The summed E-state index contributed by atoms with van der Waals surface area (Å²) in [7, 11) is 0. The van der Waals surface area contributed by atoms with Crippen LogP contribution in [0, 0.1) is 0 Å². The van der Waals surface area contributed by atoms with Crippen LogP contribution in [-0.4, -0.2) is 17.6 Å². The van der Waals surface area contributed by atoms with Gasteiger partial charge in [-0.3, -0.25) is 4.98 Å². The zero-order valence-corrected chi connectivity index (χ0v) is 9.45. The van der Waals surface area contributed by atoms with Gasteiger partial charge in [-0.2, -0.15) is 0 Å². The third-order valence-electron chi connectivity index (χ3n) is 2.47. The summed E-state index contributed by atoms with van der Waals surface area (Å²) >= 11 is 0. The first-order valence-corrected chi connectivity index (χ1v) is 5.60. The fourth-order valence-corrected chi connectivity index (χ4v) is 1.68. The van der Waals surface area contributed by atoms with Crippen molar-refractivity contribution in [2.45, 2.75) is 32.2 Å². The molecular formula is C13H20N2. The first-order valence-electron chi connectivity index (χ1n) is 5.60. The molecule has 0 fully saturated rings. The highest BCUT2D eigenvalue weighted by Crippen LogP contribution is 2.06. The van der Waals surface area contributed by atoms with E-state index in [2.05, 4.69) is 35.9 Å². The summed E-state index contributed by atoms with van der Waals surface area (Å²) in [6.07, 6.45) is 8.99. The van der Waals surface area contributed by atoms with Gasteiger partial charge >= 0.3 is 0 Å². The molecule has 82 valence electrons. The SMILES string of the molecule is C=CCC(CCc1ccncc1)NCC. The quantitative estimate of drug-likeness (QED) is 0.690. The normalized spacial score (nSPS) is 12.3. The summed E-state index contributed by atoms with van der Waals surface area (Å²) < 4.78 is 0. The molecule has 0 aromatic carbocycles. The van der Waals surface area contributed by atoms with Gasteiger partial charge in [0.2, 0.25) is 0 Å². The van der Waals surface area contributed by atoms with Crippen LogP contribution < -0.4 is 5.32 Å². The standard InChI is InChI=1S/C13H20N2/c1-3-5-13(15-4-2)7-6-12-8-10-14-11-9-12/h3,8-11,13,15H,1,4-7H2,2H3. The maximum absolute atomic E-state index is 4.01. The smallest absolute Gasteiger partial charge is 0.0270 e.